The molecular formula is C20H11BF2N4O. The number of nitrogens with zero attached hydrogens (tertiary/aromatic N) is 4. The fourth-order valence-electron chi connectivity index (χ4n) is 3.05. The van der Waals surface area contributed by atoms with Gasteiger partial charge in [-0.3, -0.25) is 0 Å². The summed E-state index contributed by atoms with van der Waals surface area (Å²) < 4.78 is 34.1. The minimum absolute atomic E-state index is 0.168. The lowest BCUT2D eigenvalue weighted by Crippen LogP contribution is -2.00. The SMILES string of the molecule is [B]Oc1cc(-c2ccc(C#N)cc2)nc2c(-c3ccc(F)cc3F)c(C)nn12. The Kier molecular flexibility index (Phi) is 4.28. The number of aryl methyl sites for hydroxylation is 1. The zero-order chi connectivity index (χ0) is 19.8. The van der Waals surface area contributed by atoms with Crippen LogP contribution in [0.15, 0.2) is 48.5 Å². The molecule has 0 aliphatic rings. The molecule has 4 rings (SSSR count). The molecule has 134 valence electrons. The van der Waals surface area contributed by atoms with Crippen LogP contribution in [0.25, 0.3) is 28.0 Å². The summed E-state index contributed by atoms with van der Waals surface area (Å²) in [5.41, 5.74) is 3.09. The number of fused-ring (bicyclic) bond motifs is 1. The van der Waals surface area contributed by atoms with Gasteiger partial charge in [-0.1, -0.05) is 12.1 Å². The molecule has 0 aliphatic carbocycles. The van der Waals surface area contributed by atoms with Gasteiger partial charge in [-0.2, -0.15) is 14.9 Å². The molecule has 5 nitrogen and oxygen atoms in total. The fraction of sp³-hybridized carbons (Fsp3) is 0.0500. The quantitative estimate of drug-likeness (QED) is 0.511. The Balaban J connectivity index is 1.99. The van der Waals surface area contributed by atoms with Crippen molar-refractivity contribution in [3.8, 4) is 34.3 Å². The molecule has 0 spiro atoms. The van der Waals surface area contributed by atoms with E-state index in [0.717, 1.165) is 6.07 Å². The highest BCUT2D eigenvalue weighted by Gasteiger charge is 2.20. The Morgan fingerprint density at radius 1 is 1.11 bits per heavy atom. The third-order valence-corrected chi connectivity index (χ3v) is 4.36. The van der Waals surface area contributed by atoms with Gasteiger partial charge in [0.2, 0.25) is 0 Å². The molecule has 0 bridgehead atoms. The van der Waals surface area contributed by atoms with Crippen molar-refractivity contribution < 1.29 is 13.4 Å². The van der Waals surface area contributed by atoms with Crippen molar-refractivity contribution in [1.82, 2.24) is 14.6 Å². The number of aromatic nitrogens is 3. The van der Waals surface area contributed by atoms with Crippen molar-refractivity contribution in [2.75, 3.05) is 0 Å². The van der Waals surface area contributed by atoms with Gasteiger partial charge in [0.25, 0.3) is 0 Å². The molecule has 0 amide bonds. The molecule has 0 N–H and O–H groups in total. The second-order valence-corrected chi connectivity index (χ2v) is 6.11. The molecule has 2 radical (unpaired) electrons. The highest BCUT2D eigenvalue weighted by molar-refractivity contribution is 6.00. The van der Waals surface area contributed by atoms with E-state index in [0.29, 0.717) is 33.7 Å². The first-order chi connectivity index (χ1) is 13.5. The molecule has 2 aromatic heterocycles. The van der Waals surface area contributed by atoms with Gasteiger partial charge in [0.15, 0.2) is 11.5 Å². The third-order valence-electron chi connectivity index (χ3n) is 4.36. The van der Waals surface area contributed by atoms with Gasteiger partial charge in [0.05, 0.1) is 28.6 Å². The first-order valence-electron chi connectivity index (χ1n) is 8.25. The highest BCUT2D eigenvalue weighted by atomic mass is 19.1. The van der Waals surface area contributed by atoms with Crippen molar-refractivity contribution in [1.29, 1.82) is 5.26 Å². The summed E-state index contributed by atoms with van der Waals surface area (Å²) in [7, 11) is 5.40. The standard InChI is InChI=1S/C20H11BF2N4O/c1-11-19(15-7-6-14(22)8-16(15)23)20-25-17(9-18(28-21)27(20)26-11)13-4-2-12(10-24)3-5-13/h2-9H,1H3. The van der Waals surface area contributed by atoms with Crippen LogP contribution in [0.1, 0.15) is 11.3 Å². The summed E-state index contributed by atoms with van der Waals surface area (Å²) in [5, 5.41) is 13.3. The van der Waals surface area contributed by atoms with Gasteiger partial charge < -0.3 is 4.65 Å². The number of hydrogen-bond acceptors (Lipinski definition) is 4. The zero-order valence-electron chi connectivity index (χ0n) is 14.6. The average molecular weight is 372 g/mol. The van der Waals surface area contributed by atoms with Gasteiger partial charge in [-0.25, -0.2) is 13.8 Å². The fourth-order valence-corrected chi connectivity index (χ4v) is 3.05. The van der Waals surface area contributed by atoms with Gasteiger partial charge in [0, 0.05) is 23.3 Å². The van der Waals surface area contributed by atoms with Crippen LogP contribution >= 0.6 is 0 Å². The van der Waals surface area contributed by atoms with Crippen molar-refractivity contribution in [2.24, 2.45) is 0 Å². The molecular weight excluding hydrogens is 361 g/mol. The van der Waals surface area contributed by atoms with Gasteiger partial charge in [-0.15, -0.1) is 0 Å². The number of nitriles is 1. The molecule has 0 atom stereocenters. The van der Waals surface area contributed by atoms with E-state index in [1.165, 1.54) is 16.6 Å². The van der Waals surface area contributed by atoms with E-state index in [2.05, 4.69) is 16.2 Å². The lowest BCUT2D eigenvalue weighted by molar-refractivity contribution is 0.558. The van der Waals surface area contributed by atoms with Crippen LogP contribution in [0.5, 0.6) is 5.88 Å². The van der Waals surface area contributed by atoms with E-state index >= 15 is 0 Å². The van der Waals surface area contributed by atoms with E-state index in [4.69, 9.17) is 18.0 Å². The van der Waals surface area contributed by atoms with Gasteiger partial charge in [-0.05, 0) is 31.2 Å². The minimum Gasteiger partial charge on any atom is -0.555 e. The summed E-state index contributed by atoms with van der Waals surface area (Å²) in [6, 6.07) is 13.8. The van der Waals surface area contributed by atoms with Crippen LogP contribution in [0, 0.1) is 29.9 Å². The summed E-state index contributed by atoms with van der Waals surface area (Å²) in [4.78, 5) is 4.59. The molecule has 4 aromatic rings. The maximum Gasteiger partial charge on any atom is 0.376 e. The van der Waals surface area contributed by atoms with E-state index in [-0.39, 0.29) is 11.4 Å². The highest BCUT2D eigenvalue weighted by Crippen LogP contribution is 2.33. The maximum absolute atomic E-state index is 14.4. The molecule has 0 unspecified atom stereocenters. The number of halogens is 2. The van der Waals surface area contributed by atoms with E-state index in [1.807, 2.05) is 0 Å². The van der Waals surface area contributed by atoms with E-state index in [1.54, 1.807) is 37.3 Å². The Labute approximate surface area is 160 Å². The monoisotopic (exact) mass is 372 g/mol. The zero-order valence-corrected chi connectivity index (χ0v) is 14.6. The van der Waals surface area contributed by atoms with Crippen molar-refractivity contribution in [3.05, 3.63) is 71.4 Å². The molecule has 8 heteroatoms. The van der Waals surface area contributed by atoms with Crippen molar-refractivity contribution in [2.45, 2.75) is 6.92 Å². The first-order valence-corrected chi connectivity index (χ1v) is 8.25. The van der Waals surface area contributed by atoms with Crippen LogP contribution in [0.2, 0.25) is 0 Å². The lowest BCUT2D eigenvalue weighted by atomic mass is 10.0. The Morgan fingerprint density at radius 3 is 2.50 bits per heavy atom. The summed E-state index contributed by atoms with van der Waals surface area (Å²) in [6.45, 7) is 1.69. The molecule has 0 saturated carbocycles. The Bertz CT molecular complexity index is 1250. The average Bonchev–Trinajstić information content (AvgIpc) is 3.03. The summed E-state index contributed by atoms with van der Waals surface area (Å²) in [6.07, 6.45) is 0. The molecule has 0 saturated heterocycles. The Morgan fingerprint density at radius 2 is 1.86 bits per heavy atom. The normalized spacial score (nSPS) is 10.8. The first kappa shape index (κ1) is 17.7. The second-order valence-electron chi connectivity index (χ2n) is 6.11. The molecule has 0 fully saturated rings. The van der Waals surface area contributed by atoms with Crippen LogP contribution < -0.4 is 4.65 Å². The van der Waals surface area contributed by atoms with E-state index in [9.17, 15) is 8.78 Å². The van der Waals surface area contributed by atoms with Crippen molar-refractivity contribution >= 4 is 13.7 Å². The largest absolute Gasteiger partial charge is 0.555 e. The lowest BCUT2D eigenvalue weighted by Gasteiger charge is -2.09. The second kappa shape index (κ2) is 6.78. The molecule has 2 aromatic carbocycles. The number of rotatable bonds is 3. The maximum atomic E-state index is 14.4. The summed E-state index contributed by atoms with van der Waals surface area (Å²) >= 11 is 0. The van der Waals surface area contributed by atoms with E-state index < -0.39 is 11.6 Å². The third kappa shape index (κ3) is 2.87. The predicted molar refractivity (Wildman–Crippen MR) is 99.6 cm³/mol. The van der Waals surface area contributed by atoms with Gasteiger partial charge >= 0.3 is 8.05 Å². The van der Waals surface area contributed by atoms with Crippen LogP contribution in [-0.2, 0) is 0 Å². The molecule has 28 heavy (non-hydrogen) atoms. The van der Waals surface area contributed by atoms with Crippen LogP contribution in [0.3, 0.4) is 0 Å². The van der Waals surface area contributed by atoms with Crippen LogP contribution in [-0.4, -0.2) is 22.6 Å². The predicted octanol–water partition coefficient (Wildman–Crippen LogP) is 3.98. The number of hydrogen-bond donors (Lipinski definition) is 0. The minimum atomic E-state index is -0.723. The smallest absolute Gasteiger partial charge is 0.376 e. The summed E-state index contributed by atoms with van der Waals surface area (Å²) in [5.74, 6) is -1.20. The number of benzene rings is 2. The van der Waals surface area contributed by atoms with Gasteiger partial charge in [0.1, 0.15) is 11.6 Å². The van der Waals surface area contributed by atoms with Crippen molar-refractivity contribution in [3.63, 3.8) is 0 Å². The van der Waals surface area contributed by atoms with Crippen LogP contribution in [0.4, 0.5) is 8.78 Å². The Hall–Kier alpha value is -3.73. The molecule has 0 aliphatic heterocycles. The topological polar surface area (TPSA) is 63.2 Å². The molecule has 2 heterocycles.